The number of fused-ring (bicyclic) bond motifs is 8. The van der Waals surface area contributed by atoms with Crippen LogP contribution in [0.25, 0.3) is 92.8 Å². The maximum absolute atomic E-state index is 2.45. The Morgan fingerprint density at radius 1 is 0.300 bits per heavy atom. The number of anilines is 3. The Hall–Kier alpha value is -7.94. The maximum atomic E-state index is 2.45. The Kier molecular flexibility index (Phi) is 7.89. The van der Waals surface area contributed by atoms with E-state index in [1.807, 2.05) is 0 Å². The van der Waals surface area contributed by atoms with E-state index in [1.54, 1.807) is 0 Å². The molecule has 12 aromatic rings. The molecule has 280 valence electrons. The van der Waals surface area contributed by atoms with Crippen LogP contribution in [0, 0.1) is 0 Å². The third-order valence-electron chi connectivity index (χ3n) is 12.3. The number of hydrogen-bond donors (Lipinski definition) is 0. The van der Waals surface area contributed by atoms with Crippen LogP contribution in [0.15, 0.2) is 231 Å². The van der Waals surface area contributed by atoms with E-state index in [-0.39, 0.29) is 0 Å². The fraction of sp³-hybridized carbons (Fsp3) is 0. The van der Waals surface area contributed by atoms with Crippen molar-refractivity contribution in [3.8, 4) is 27.9 Å². The van der Waals surface area contributed by atoms with Gasteiger partial charge in [-0.3, -0.25) is 0 Å². The van der Waals surface area contributed by atoms with Crippen molar-refractivity contribution in [1.82, 2.24) is 4.57 Å². The minimum atomic E-state index is 1.10. The summed E-state index contributed by atoms with van der Waals surface area (Å²) < 4.78 is 2.43. The first-order valence-electron chi connectivity index (χ1n) is 20.7. The molecule has 0 bridgehead atoms. The van der Waals surface area contributed by atoms with Gasteiger partial charge in [0.15, 0.2) is 0 Å². The van der Waals surface area contributed by atoms with Crippen LogP contribution in [0.4, 0.5) is 17.1 Å². The van der Waals surface area contributed by atoms with Crippen molar-refractivity contribution >= 4 is 82.0 Å². The van der Waals surface area contributed by atoms with Crippen molar-refractivity contribution in [2.75, 3.05) is 4.90 Å². The fourth-order valence-electron chi connectivity index (χ4n) is 9.48. The molecule has 0 aliphatic rings. The first-order valence-corrected chi connectivity index (χ1v) is 20.7. The molecule has 0 unspecified atom stereocenters. The van der Waals surface area contributed by atoms with Crippen LogP contribution in [0.5, 0.6) is 0 Å². The van der Waals surface area contributed by atoms with Crippen molar-refractivity contribution in [2.24, 2.45) is 0 Å². The van der Waals surface area contributed by atoms with Crippen LogP contribution in [0.3, 0.4) is 0 Å². The largest absolute Gasteiger partial charge is 0.310 e. The monoisotopic (exact) mass is 762 g/mol. The van der Waals surface area contributed by atoms with Crippen LogP contribution in [0.1, 0.15) is 0 Å². The summed E-state index contributed by atoms with van der Waals surface area (Å²) in [5.74, 6) is 0. The smallest absolute Gasteiger partial charge is 0.0547 e. The molecule has 0 saturated carbocycles. The molecule has 0 atom stereocenters. The third kappa shape index (κ3) is 5.57. The van der Waals surface area contributed by atoms with Gasteiger partial charge in [-0.05, 0) is 127 Å². The summed E-state index contributed by atoms with van der Waals surface area (Å²) in [4.78, 5) is 2.45. The predicted octanol–water partition coefficient (Wildman–Crippen LogP) is 16.2. The lowest BCUT2D eigenvalue weighted by Crippen LogP contribution is -2.11. The van der Waals surface area contributed by atoms with Crippen molar-refractivity contribution in [3.63, 3.8) is 0 Å². The Bertz CT molecular complexity index is 3600. The lowest BCUT2D eigenvalue weighted by Gasteiger charge is -2.28. The second kappa shape index (κ2) is 13.9. The minimum Gasteiger partial charge on any atom is -0.310 e. The number of nitrogens with zero attached hydrogens (tertiary/aromatic N) is 2. The summed E-state index contributed by atoms with van der Waals surface area (Å²) in [5.41, 5.74) is 11.7. The summed E-state index contributed by atoms with van der Waals surface area (Å²) in [5, 5.41) is 12.4. The SMILES string of the molecule is c1ccc(-n2c3cc4ccccc4cc3c3c(-c4cccc(N(c5ccc(-c6ccc7ccccc7c6)cc5)c5cc6ccccc6c6ccccc56)c4)cccc32)cc1. The van der Waals surface area contributed by atoms with Gasteiger partial charge in [0.05, 0.1) is 16.7 Å². The van der Waals surface area contributed by atoms with Gasteiger partial charge in [0.1, 0.15) is 0 Å². The molecule has 2 nitrogen and oxygen atoms in total. The van der Waals surface area contributed by atoms with Gasteiger partial charge < -0.3 is 9.47 Å². The summed E-state index contributed by atoms with van der Waals surface area (Å²) in [6.07, 6.45) is 0. The molecule has 1 aromatic heterocycles. The highest BCUT2D eigenvalue weighted by Crippen LogP contribution is 2.45. The van der Waals surface area contributed by atoms with Crippen LogP contribution < -0.4 is 4.90 Å². The highest BCUT2D eigenvalue weighted by atomic mass is 15.1. The van der Waals surface area contributed by atoms with E-state index in [1.165, 1.54) is 87.1 Å². The molecule has 2 heteroatoms. The molecule has 0 N–H and O–H groups in total. The number of benzene rings is 11. The third-order valence-corrected chi connectivity index (χ3v) is 12.3. The molecule has 0 saturated heterocycles. The van der Waals surface area contributed by atoms with Crippen LogP contribution in [-0.4, -0.2) is 4.57 Å². The molecule has 0 spiro atoms. The lowest BCUT2D eigenvalue weighted by molar-refractivity contribution is 1.18. The average Bonchev–Trinajstić information content (AvgIpc) is 3.64. The minimum absolute atomic E-state index is 1.10. The molecular formula is C58H38N2. The number of rotatable bonds is 6. The zero-order chi connectivity index (χ0) is 39.6. The van der Waals surface area contributed by atoms with Gasteiger partial charge in [-0.25, -0.2) is 0 Å². The van der Waals surface area contributed by atoms with E-state index in [2.05, 4.69) is 240 Å². The summed E-state index contributed by atoms with van der Waals surface area (Å²) in [6, 6.07) is 84.4. The van der Waals surface area contributed by atoms with E-state index in [4.69, 9.17) is 0 Å². The van der Waals surface area contributed by atoms with Crippen molar-refractivity contribution < 1.29 is 0 Å². The van der Waals surface area contributed by atoms with Gasteiger partial charge in [0, 0.05) is 33.2 Å². The van der Waals surface area contributed by atoms with Gasteiger partial charge in [0.2, 0.25) is 0 Å². The molecule has 1 heterocycles. The Labute approximate surface area is 348 Å². The molecule has 60 heavy (non-hydrogen) atoms. The van der Waals surface area contributed by atoms with Crippen molar-refractivity contribution in [3.05, 3.63) is 231 Å². The van der Waals surface area contributed by atoms with Crippen LogP contribution >= 0.6 is 0 Å². The van der Waals surface area contributed by atoms with Crippen molar-refractivity contribution in [1.29, 1.82) is 0 Å². The fourth-order valence-corrected chi connectivity index (χ4v) is 9.48. The molecule has 0 radical (unpaired) electrons. The average molecular weight is 763 g/mol. The Morgan fingerprint density at radius 2 is 0.933 bits per heavy atom. The topological polar surface area (TPSA) is 8.17 Å². The molecule has 0 fully saturated rings. The predicted molar refractivity (Wildman–Crippen MR) is 256 cm³/mol. The first-order chi connectivity index (χ1) is 29.7. The second-order valence-electron chi connectivity index (χ2n) is 15.7. The maximum Gasteiger partial charge on any atom is 0.0547 e. The first kappa shape index (κ1) is 34.1. The highest BCUT2D eigenvalue weighted by Gasteiger charge is 2.21. The van der Waals surface area contributed by atoms with Gasteiger partial charge in [-0.1, -0.05) is 164 Å². The van der Waals surface area contributed by atoms with E-state index in [9.17, 15) is 0 Å². The second-order valence-corrected chi connectivity index (χ2v) is 15.7. The van der Waals surface area contributed by atoms with E-state index in [0.717, 1.165) is 22.7 Å². The number of para-hydroxylation sites is 1. The Balaban J connectivity index is 1.08. The molecule has 0 aliphatic heterocycles. The van der Waals surface area contributed by atoms with Gasteiger partial charge in [-0.15, -0.1) is 0 Å². The summed E-state index contributed by atoms with van der Waals surface area (Å²) in [7, 11) is 0. The summed E-state index contributed by atoms with van der Waals surface area (Å²) in [6.45, 7) is 0. The van der Waals surface area contributed by atoms with Gasteiger partial charge in [-0.2, -0.15) is 0 Å². The normalized spacial score (nSPS) is 11.7. The molecule has 12 rings (SSSR count). The van der Waals surface area contributed by atoms with E-state index < -0.39 is 0 Å². The molecule has 0 amide bonds. The number of hydrogen-bond acceptors (Lipinski definition) is 1. The molecular weight excluding hydrogens is 725 g/mol. The highest BCUT2D eigenvalue weighted by molar-refractivity contribution is 6.19. The van der Waals surface area contributed by atoms with Gasteiger partial charge >= 0.3 is 0 Å². The molecule has 0 aliphatic carbocycles. The van der Waals surface area contributed by atoms with E-state index >= 15 is 0 Å². The van der Waals surface area contributed by atoms with Crippen LogP contribution in [0.2, 0.25) is 0 Å². The summed E-state index contributed by atoms with van der Waals surface area (Å²) >= 11 is 0. The molecule has 11 aromatic carbocycles. The zero-order valence-electron chi connectivity index (χ0n) is 32.8. The zero-order valence-corrected chi connectivity index (χ0v) is 32.8. The lowest BCUT2D eigenvalue weighted by atomic mass is 9.96. The van der Waals surface area contributed by atoms with Gasteiger partial charge in [0.25, 0.3) is 0 Å². The number of aromatic nitrogens is 1. The van der Waals surface area contributed by atoms with Crippen LogP contribution in [-0.2, 0) is 0 Å². The standard InChI is InChI=1S/C58H38N2/c1-2-20-47(21-3-1)60-55-27-13-26-51(58(55)54-36-42-16-6-7-17-43(42)37-57(54)60)45-19-12-22-49(35-45)59(56-38-46-18-8-9-23-50(46)52-24-10-11-25-53(52)56)48-32-30-40(31-33-48)44-29-28-39-14-4-5-15-41(39)34-44/h1-38H. The quantitative estimate of drug-likeness (QED) is 0.153. The van der Waals surface area contributed by atoms with Crippen molar-refractivity contribution in [2.45, 2.75) is 0 Å². The van der Waals surface area contributed by atoms with E-state index in [0.29, 0.717) is 0 Å². The Morgan fingerprint density at radius 3 is 1.73 bits per heavy atom.